The quantitative estimate of drug-likeness (QED) is 0.470. The van der Waals surface area contributed by atoms with Crippen molar-refractivity contribution in [3.05, 3.63) is 71.8 Å². The minimum Gasteiger partial charge on any atom is -0.361 e. The number of nitrogens with zero attached hydrogens (tertiary/aromatic N) is 1. The highest BCUT2D eigenvalue weighted by Crippen LogP contribution is 2.38. The highest BCUT2D eigenvalue weighted by atomic mass is 19.1. The Morgan fingerprint density at radius 2 is 1.72 bits per heavy atom. The lowest BCUT2D eigenvalue weighted by atomic mass is 9.95. The molecule has 5 rings (SSSR count). The van der Waals surface area contributed by atoms with Crippen LogP contribution < -0.4 is 11.1 Å². The third kappa shape index (κ3) is 2.59. The topological polar surface area (TPSA) is 92.9 Å². The van der Waals surface area contributed by atoms with Crippen LogP contribution >= 0.6 is 0 Å². The number of nitrogens with one attached hydrogen (secondary N) is 2. The van der Waals surface area contributed by atoms with Crippen molar-refractivity contribution in [3.8, 4) is 0 Å². The van der Waals surface area contributed by atoms with Gasteiger partial charge in [0.1, 0.15) is 5.82 Å². The summed E-state index contributed by atoms with van der Waals surface area (Å²) in [6.07, 6.45) is 3.50. The molecule has 144 valence electrons. The molecule has 0 unspecified atom stereocenters. The zero-order chi connectivity index (χ0) is 20.1. The molecule has 2 aromatic heterocycles. The van der Waals surface area contributed by atoms with Gasteiger partial charge in [0.25, 0.3) is 11.8 Å². The number of rotatable bonds is 4. The van der Waals surface area contributed by atoms with Crippen molar-refractivity contribution >= 4 is 44.8 Å². The second kappa shape index (κ2) is 6.42. The van der Waals surface area contributed by atoms with Gasteiger partial charge in [-0.15, -0.1) is 0 Å². The van der Waals surface area contributed by atoms with E-state index in [9.17, 15) is 14.0 Å². The van der Waals surface area contributed by atoms with E-state index in [1.165, 1.54) is 12.1 Å². The lowest BCUT2D eigenvalue weighted by Crippen LogP contribution is -2.22. The Hall–Kier alpha value is -3.71. The summed E-state index contributed by atoms with van der Waals surface area (Å²) in [5.74, 6) is -1.29. The Balaban J connectivity index is 1.83. The Morgan fingerprint density at radius 1 is 0.966 bits per heavy atom. The number of imide groups is 1. The number of amides is 2. The summed E-state index contributed by atoms with van der Waals surface area (Å²) in [4.78, 5) is 28.7. The molecule has 3 heterocycles. The summed E-state index contributed by atoms with van der Waals surface area (Å²) in [6, 6.07) is 12.0. The molecular formula is C22H17FN4O2. The first kappa shape index (κ1) is 17.4. The van der Waals surface area contributed by atoms with E-state index < -0.39 is 11.8 Å². The molecule has 0 fully saturated rings. The molecule has 2 amide bonds. The van der Waals surface area contributed by atoms with Crippen LogP contribution in [-0.2, 0) is 16.1 Å². The van der Waals surface area contributed by atoms with Crippen LogP contribution in [0.5, 0.6) is 0 Å². The second-order valence-corrected chi connectivity index (χ2v) is 6.97. The minimum absolute atomic E-state index is 0.284. The fourth-order valence-electron chi connectivity index (χ4n) is 4.04. The van der Waals surface area contributed by atoms with E-state index >= 15 is 0 Å². The first-order valence-electron chi connectivity index (χ1n) is 9.23. The summed E-state index contributed by atoms with van der Waals surface area (Å²) in [7, 11) is 0. The maximum Gasteiger partial charge on any atom is 0.259 e. The maximum atomic E-state index is 13.9. The summed E-state index contributed by atoms with van der Waals surface area (Å²) < 4.78 is 15.7. The number of carbonyl (C=O) groups is 2. The number of benzene rings is 2. The zero-order valence-corrected chi connectivity index (χ0v) is 15.3. The van der Waals surface area contributed by atoms with Gasteiger partial charge < -0.3 is 15.3 Å². The second-order valence-electron chi connectivity index (χ2n) is 6.97. The molecule has 4 N–H and O–H groups in total. The molecule has 6 nitrogen and oxygen atoms in total. The number of aromatic amines is 1. The van der Waals surface area contributed by atoms with Gasteiger partial charge in [0.05, 0.1) is 16.7 Å². The first-order valence-corrected chi connectivity index (χ1v) is 9.23. The van der Waals surface area contributed by atoms with E-state index in [4.69, 9.17) is 5.73 Å². The Bertz CT molecular complexity index is 1350. The van der Waals surface area contributed by atoms with E-state index in [-0.39, 0.29) is 11.4 Å². The number of carbonyl (C=O) groups excluding carboxylic acids is 2. The third-order valence-corrected chi connectivity index (χ3v) is 5.27. The predicted molar refractivity (Wildman–Crippen MR) is 109 cm³/mol. The average molecular weight is 388 g/mol. The lowest BCUT2D eigenvalue weighted by molar-refractivity contribution is -0.122. The fourth-order valence-corrected chi connectivity index (χ4v) is 4.04. The number of nitrogens with two attached hydrogens (primary N) is 1. The summed E-state index contributed by atoms with van der Waals surface area (Å²) >= 11 is 0. The first-order chi connectivity index (χ1) is 14.1. The highest BCUT2D eigenvalue weighted by molar-refractivity contribution is 6.50. The monoisotopic (exact) mass is 388 g/mol. The molecule has 29 heavy (non-hydrogen) atoms. The van der Waals surface area contributed by atoms with Crippen LogP contribution in [0.15, 0.2) is 54.9 Å². The van der Waals surface area contributed by atoms with Gasteiger partial charge in [-0.25, -0.2) is 4.39 Å². The Kier molecular flexibility index (Phi) is 3.85. The van der Waals surface area contributed by atoms with Gasteiger partial charge in [-0.1, -0.05) is 18.2 Å². The van der Waals surface area contributed by atoms with E-state index in [1.807, 2.05) is 28.8 Å². The van der Waals surface area contributed by atoms with E-state index in [1.54, 1.807) is 18.5 Å². The van der Waals surface area contributed by atoms with Gasteiger partial charge >= 0.3 is 0 Å². The van der Waals surface area contributed by atoms with E-state index in [0.717, 1.165) is 10.9 Å². The van der Waals surface area contributed by atoms with Crippen molar-refractivity contribution in [2.45, 2.75) is 6.54 Å². The molecule has 0 bridgehead atoms. The standard InChI is InChI=1S/C22H17FN4O2/c23-12-5-6-14-16(11-27(8-7-24)18(14)9-12)20-19(21(28)26-22(20)29)15-10-25-17-4-2-1-3-13(15)17/h1-6,9-11,25H,7-8,24H2,(H,26,28,29). The number of H-pyrrole nitrogens is 1. The molecule has 0 spiro atoms. The van der Waals surface area contributed by atoms with Gasteiger partial charge in [-0.3, -0.25) is 14.9 Å². The molecule has 7 heteroatoms. The van der Waals surface area contributed by atoms with Crippen LogP contribution in [-0.4, -0.2) is 27.9 Å². The molecule has 2 aromatic carbocycles. The Labute approximate surface area is 164 Å². The summed E-state index contributed by atoms with van der Waals surface area (Å²) in [5.41, 5.74) is 9.03. The molecule has 1 aliphatic rings. The highest BCUT2D eigenvalue weighted by Gasteiger charge is 2.35. The normalized spacial score (nSPS) is 14.4. The van der Waals surface area contributed by atoms with Crippen molar-refractivity contribution in [1.29, 1.82) is 0 Å². The molecule has 0 radical (unpaired) electrons. The van der Waals surface area contributed by atoms with Crippen LogP contribution in [0.3, 0.4) is 0 Å². The average Bonchev–Trinajstić information content (AvgIpc) is 3.35. The van der Waals surface area contributed by atoms with Crippen LogP contribution in [0.4, 0.5) is 4.39 Å². The van der Waals surface area contributed by atoms with Crippen LogP contribution in [0.25, 0.3) is 33.0 Å². The van der Waals surface area contributed by atoms with Gasteiger partial charge in [-0.2, -0.15) is 0 Å². The van der Waals surface area contributed by atoms with Crippen LogP contribution in [0.2, 0.25) is 0 Å². The van der Waals surface area contributed by atoms with E-state index in [2.05, 4.69) is 10.3 Å². The SMILES string of the molecule is NCCn1cc(C2=C(c3c[nH]c4ccccc34)C(=O)NC2=O)c2ccc(F)cc21. The third-order valence-electron chi connectivity index (χ3n) is 5.27. The van der Waals surface area contributed by atoms with Gasteiger partial charge in [-0.05, 0) is 24.3 Å². The number of halogens is 1. The van der Waals surface area contributed by atoms with Crippen LogP contribution in [0.1, 0.15) is 11.1 Å². The lowest BCUT2D eigenvalue weighted by Gasteiger charge is -2.03. The van der Waals surface area contributed by atoms with Gasteiger partial charge in [0.2, 0.25) is 0 Å². The largest absolute Gasteiger partial charge is 0.361 e. The van der Waals surface area contributed by atoms with Crippen molar-refractivity contribution in [3.63, 3.8) is 0 Å². The van der Waals surface area contributed by atoms with E-state index in [0.29, 0.717) is 40.7 Å². The molecule has 1 aliphatic heterocycles. The van der Waals surface area contributed by atoms with Crippen molar-refractivity contribution < 1.29 is 14.0 Å². The van der Waals surface area contributed by atoms with Crippen LogP contribution in [0, 0.1) is 5.82 Å². The number of aromatic nitrogens is 2. The Morgan fingerprint density at radius 3 is 2.52 bits per heavy atom. The van der Waals surface area contributed by atoms with Crippen molar-refractivity contribution in [1.82, 2.24) is 14.9 Å². The molecular weight excluding hydrogens is 371 g/mol. The molecule has 0 saturated heterocycles. The van der Waals surface area contributed by atoms with Gasteiger partial charge in [0.15, 0.2) is 0 Å². The maximum absolute atomic E-state index is 13.9. The number of para-hydroxylation sites is 1. The summed E-state index contributed by atoms with van der Waals surface area (Å²) in [6.45, 7) is 0.824. The van der Waals surface area contributed by atoms with Crippen molar-refractivity contribution in [2.75, 3.05) is 6.54 Å². The summed E-state index contributed by atoms with van der Waals surface area (Å²) in [5, 5.41) is 3.95. The van der Waals surface area contributed by atoms with Gasteiger partial charge in [0, 0.05) is 52.9 Å². The minimum atomic E-state index is -0.466. The fraction of sp³-hybridized carbons (Fsp3) is 0.0909. The smallest absolute Gasteiger partial charge is 0.259 e. The predicted octanol–water partition coefficient (Wildman–Crippen LogP) is 2.79. The zero-order valence-electron chi connectivity index (χ0n) is 15.3. The molecule has 4 aromatic rings. The number of hydrogen-bond acceptors (Lipinski definition) is 3. The molecule has 0 saturated carbocycles. The number of fused-ring (bicyclic) bond motifs is 2. The molecule has 0 atom stereocenters. The number of hydrogen-bond donors (Lipinski definition) is 3. The molecule has 0 aliphatic carbocycles. The van der Waals surface area contributed by atoms with Crippen molar-refractivity contribution in [2.24, 2.45) is 5.73 Å².